The molecule has 86 valence electrons. The number of carbonyl (C=O) groups is 1. The maximum absolute atomic E-state index is 11.8. The molecule has 15 heavy (non-hydrogen) atoms. The monoisotopic (exact) mass is 209 g/mol. The van der Waals surface area contributed by atoms with Crippen LogP contribution in [0, 0.1) is 5.92 Å². The number of hydrogen-bond donors (Lipinski definition) is 0. The van der Waals surface area contributed by atoms with E-state index in [0.717, 1.165) is 38.3 Å². The molecular weight excluding hydrogens is 186 g/mol. The Balaban J connectivity index is 1.86. The molecule has 0 amide bonds. The van der Waals surface area contributed by atoms with Gasteiger partial charge in [0.25, 0.3) is 0 Å². The zero-order chi connectivity index (χ0) is 10.7. The molecule has 1 saturated carbocycles. The first-order valence-electron chi connectivity index (χ1n) is 6.58. The summed E-state index contributed by atoms with van der Waals surface area (Å²) in [6, 6.07) is 0.288. The Hall–Kier alpha value is -0.370. The van der Waals surface area contributed by atoms with Crippen LogP contribution in [-0.4, -0.2) is 29.8 Å². The Bertz CT molecular complexity index is 219. The maximum atomic E-state index is 11.8. The first-order chi connectivity index (χ1) is 7.31. The minimum absolute atomic E-state index is 0.288. The van der Waals surface area contributed by atoms with E-state index in [1.807, 2.05) is 0 Å². The molecule has 1 unspecified atom stereocenters. The van der Waals surface area contributed by atoms with E-state index in [2.05, 4.69) is 11.8 Å². The van der Waals surface area contributed by atoms with E-state index in [-0.39, 0.29) is 6.04 Å². The van der Waals surface area contributed by atoms with Crippen LogP contribution in [0.1, 0.15) is 51.9 Å². The molecule has 2 heteroatoms. The summed E-state index contributed by atoms with van der Waals surface area (Å²) in [4.78, 5) is 14.3. The maximum Gasteiger partial charge on any atom is 0.149 e. The van der Waals surface area contributed by atoms with Gasteiger partial charge in [0, 0.05) is 6.42 Å². The fraction of sp³-hybridized carbons (Fsp3) is 0.923. The second-order valence-corrected chi connectivity index (χ2v) is 5.12. The molecule has 0 bridgehead atoms. The third-order valence-corrected chi connectivity index (χ3v) is 4.19. The highest BCUT2D eigenvalue weighted by Crippen LogP contribution is 2.26. The van der Waals surface area contributed by atoms with Gasteiger partial charge in [-0.15, -0.1) is 0 Å². The summed E-state index contributed by atoms with van der Waals surface area (Å²) in [5.74, 6) is 1.43. The van der Waals surface area contributed by atoms with Gasteiger partial charge in [-0.2, -0.15) is 0 Å². The second kappa shape index (κ2) is 5.11. The molecule has 1 aliphatic heterocycles. The van der Waals surface area contributed by atoms with Gasteiger partial charge in [0.15, 0.2) is 0 Å². The number of nitrogens with zero attached hydrogens (tertiary/aromatic N) is 1. The van der Waals surface area contributed by atoms with Gasteiger partial charge >= 0.3 is 0 Å². The van der Waals surface area contributed by atoms with E-state index < -0.39 is 0 Å². The van der Waals surface area contributed by atoms with Crippen molar-refractivity contribution in [2.24, 2.45) is 5.92 Å². The topological polar surface area (TPSA) is 20.3 Å². The van der Waals surface area contributed by atoms with Crippen LogP contribution < -0.4 is 0 Å². The average Bonchev–Trinajstić information content (AvgIpc) is 2.30. The van der Waals surface area contributed by atoms with Crippen LogP contribution >= 0.6 is 0 Å². The number of Topliss-reactive ketones (excluding diaryl/α,β-unsaturated/α-hetero) is 1. The number of hydrogen-bond acceptors (Lipinski definition) is 2. The smallest absolute Gasteiger partial charge is 0.149 e. The van der Waals surface area contributed by atoms with Crippen LogP contribution in [-0.2, 0) is 4.79 Å². The zero-order valence-electron chi connectivity index (χ0n) is 9.87. The number of carbonyl (C=O) groups excluding carboxylic acids is 1. The molecule has 0 aromatic heterocycles. The van der Waals surface area contributed by atoms with Gasteiger partial charge in [-0.05, 0) is 44.7 Å². The quantitative estimate of drug-likeness (QED) is 0.697. The molecule has 0 radical (unpaired) electrons. The predicted molar refractivity (Wildman–Crippen MR) is 61.9 cm³/mol. The normalized spacial score (nSPS) is 30.7. The first kappa shape index (κ1) is 11.1. The Morgan fingerprint density at radius 3 is 2.53 bits per heavy atom. The molecule has 1 saturated heterocycles. The molecule has 0 aromatic rings. The van der Waals surface area contributed by atoms with Crippen molar-refractivity contribution in [2.75, 3.05) is 13.1 Å². The van der Waals surface area contributed by atoms with Crippen molar-refractivity contribution >= 4 is 5.78 Å². The van der Waals surface area contributed by atoms with E-state index >= 15 is 0 Å². The van der Waals surface area contributed by atoms with Gasteiger partial charge in [0.2, 0.25) is 0 Å². The number of ketones is 1. The molecule has 1 aliphatic carbocycles. The lowest BCUT2D eigenvalue weighted by Crippen LogP contribution is -2.46. The zero-order valence-corrected chi connectivity index (χ0v) is 9.87. The third-order valence-electron chi connectivity index (χ3n) is 4.19. The lowest BCUT2D eigenvalue weighted by molar-refractivity contribution is -0.126. The van der Waals surface area contributed by atoms with Gasteiger partial charge in [-0.3, -0.25) is 9.69 Å². The number of likely N-dealkylation sites (tertiary alicyclic amines) is 1. The fourth-order valence-electron chi connectivity index (χ4n) is 3.02. The highest BCUT2D eigenvalue weighted by molar-refractivity contribution is 5.84. The van der Waals surface area contributed by atoms with Gasteiger partial charge in [-0.25, -0.2) is 0 Å². The molecule has 1 atom stereocenters. The second-order valence-electron chi connectivity index (χ2n) is 5.12. The highest BCUT2D eigenvalue weighted by Gasteiger charge is 2.30. The van der Waals surface area contributed by atoms with Gasteiger partial charge in [-0.1, -0.05) is 19.8 Å². The highest BCUT2D eigenvalue weighted by atomic mass is 16.1. The van der Waals surface area contributed by atoms with Crippen molar-refractivity contribution in [3.63, 3.8) is 0 Å². The molecule has 2 rings (SSSR count). The van der Waals surface area contributed by atoms with Crippen molar-refractivity contribution in [1.82, 2.24) is 4.90 Å². The summed E-state index contributed by atoms with van der Waals surface area (Å²) in [5, 5.41) is 0. The average molecular weight is 209 g/mol. The van der Waals surface area contributed by atoms with Crippen LogP contribution in [0.4, 0.5) is 0 Å². The van der Waals surface area contributed by atoms with Crippen molar-refractivity contribution < 1.29 is 4.79 Å². The molecule has 2 fully saturated rings. The number of piperidine rings is 1. The van der Waals surface area contributed by atoms with Crippen molar-refractivity contribution in [3.8, 4) is 0 Å². The van der Waals surface area contributed by atoms with Gasteiger partial charge < -0.3 is 0 Å². The molecule has 2 nitrogen and oxygen atoms in total. The van der Waals surface area contributed by atoms with Crippen LogP contribution in [0.15, 0.2) is 0 Å². The third kappa shape index (κ3) is 2.60. The van der Waals surface area contributed by atoms with E-state index in [0.29, 0.717) is 5.78 Å². The Labute approximate surface area is 93.0 Å². The summed E-state index contributed by atoms with van der Waals surface area (Å²) in [6.07, 6.45) is 8.26. The van der Waals surface area contributed by atoms with E-state index in [9.17, 15) is 4.79 Å². The van der Waals surface area contributed by atoms with E-state index in [4.69, 9.17) is 0 Å². The van der Waals surface area contributed by atoms with Crippen molar-refractivity contribution in [1.29, 1.82) is 0 Å². The van der Waals surface area contributed by atoms with Crippen LogP contribution in [0.2, 0.25) is 0 Å². The van der Waals surface area contributed by atoms with Gasteiger partial charge in [0.05, 0.1) is 6.04 Å². The minimum atomic E-state index is 0.288. The summed E-state index contributed by atoms with van der Waals surface area (Å²) in [6.45, 7) is 4.61. The van der Waals surface area contributed by atoms with Crippen LogP contribution in [0.3, 0.4) is 0 Å². The molecule has 0 spiro atoms. The molecule has 2 aliphatic rings. The molecule has 0 N–H and O–H groups in total. The summed E-state index contributed by atoms with van der Waals surface area (Å²) in [5.41, 5.74) is 0. The fourth-order valence-corrected chi connectivity index (χ4v) is 3.02. The van der Waals surface area contributed by atoms with E-state index in [1.165, 1.54) is 25.7 Å². The van der Waals surface area contributed by atoms with Crippen molar-refractivity contribution in [3.05, 3.63) is 0 Å². The summed E-state index contributed by atoms with van der Waals surface area (Å²) < 4.78 is 0. The predicted octanol–water partition coefficient (Wildman–Crippen LogP) is 2.62. The Morgan fingerprint density at radius 2 is 1.93 bits per heavy atom. The molecule has 1 heterocycles. The Morgan fingerprint density at radius 1 is 1.20 bits per heavy atom. The largest absolute Gasteiger partial charge is 0.298 e. The SMILES string of the molecule is CCC1CCN(C2CCCCC2=O)CC1. The van der Waals surface area contributed by atoms with E-state index in [1.54, 1.807) is 0 Å². The molecular formula is C13H23NO. The Kier molecular flexibility index (Phi) is 3.79. The summed E-state index contributed by atoms with van der Waals surface area (Å²) in [7, 11) is 0. The van der Waals surface area contributed by atoms with Gasteiger partial charge in [0.1, 0.15) is 5.78 Å². The van der Waals surface area contributed by atoms with Crippen LogP contribution in [0.5, 0.6) is 0 Å². The summed E-state index contributed by atoms with van der Waals surface area (Å²) >= 11 is 0. The lowest BCUT2D eigenvalue weighted by Gasteiger charge is -2.38. The lowest BCUT2D eigenvalue weighted by atomic mass is 9.88. The number of rotatable bonds is 2. The van der Waals surface area contributed by atoms with Crippen LogP contribution in [0.25, 0.3) is 0 Å². The first-order valence-corrected chi connectivity index (χ1v) is 6.58. The minimum Gasteiger partial charge on any atom is -0.298 e. The van der Waals surface area contributed by atoms with Crippen molar-refractivity contribution in [2.45, 2.75) is 57.9 Å². The standard InChI is InChI=1S/C13H23NO/c1-2-11-7-9-14(10-8-11)12-5-3-4-6-13(12)15/h11-12H,2-10H2,1H3. The molecule has 0 aromatic carbocycles.